The first-order chi connectivity index (χ1) is 16.6. The number of aryl methyl sites for hydroxylation is 4. The van der Waals surface area contributed by atoms with Gasteiger partial charge in [-0.1, -0.05) is 63.1 Å². The maximum Gasteiger partial charge on any atom is 0.339 e. The van der Waals surface area contributed by atoms with Crippen LogP contribution in [0.25, 0.3) is 10.9 Å². The second kappa shape index (κ2) is 9.80. The standard InChI is InChI=1S/C30H36N2O3/c1-7-30(5,6)21-12-13-25-23(16-21)27(22-10-8-9-11-24(22)31-25)29(34)35-17-26(33)32-28-19(3)14-18(2)15-20(28)4/h8-11,14-15,21H,7,12-13,16-17H2,1-6H3,(H,32,33). The lowest BCUT2D eigenvalue weighted by Gasteiger charge is -2.37. The van der Waals surface area contributed by atoms with Crippen LogP contribution >= 0.6 is 0 Å². The Morgan fingerprint density at radius 3 is 2.49 bits per heavy atom. The summed E-state index contributed by atoms with van der Waals surface area (Å²) in [4.78, 5) is 31.1. The molecule has 1 atom stereocenters. The Kier molecular flexibility index (Phi) is 6.98. The van der Waals surface area contributed by atoms with Crippen LogP contribution in [0.4, 0.5) is 5.69 Å². The summed E-state index contributed by atoms with van der Waals surface area (Å²) in [5, 5.41) is 3.71. The number of pyridine rings is 1. The van der Waals surface area contributed by atoms with Crippen LogP contribution < -0.4 is 5.32 Å². The molecule has 2 aromatic carbocycles. The molecule has 1 N–H and O–H groups in total. The van der Waals surface area contributed by atoms with Crippen molar-refractivity contribution < 1.29 is 14.3 Å². The second-order valence-corrected chi connectivity index (χ2v) is 10.6. The molecule has 1 aliphatic carbocycles. The number of esters is 1. The van der Waals surface area contributed by atoms with Crippen LogP contribution in [0.1, 0.15) is 71.9 Å². The molecule has 0 saturated carbocycles. The van der Waals surface area contributed by atoms with E-state index in [1.165, 1.54) is 0 Å². The summed E-state index contributed by atoms with van der Waals surface area (Å²) in [7, 11) is 0. The van der Waals surface area contributed by atoms with E-state index in [4.69, 9.17) is 9.72 Å². The van der Waals surface area contributed by atoms with Gasteiger partial charge in [-0.15, -0.1) is 0 Å². The topological polar surface area (TPSA) is 68.3 Å². The minimum absolute atomic E-state index is 0.175. The lowest BCUT2D eigenvalue weighted by molar-refractivity contribution is -0.119. The number of para-hydroxylation sites is 1. The molecular formula is C30H36N2O3. The molecule has 3 aromatic rings. The van der Waals surface area contributed by atoms with Crippen LogP contribution in [-0.2, 0) is 22.4 Å². The van der Waals surface area contributed by atoms with E-state index in [0.29, 0.717) is 11.5 Å². The Labute approximate surface area is 208 Å². The van der Waals surface area contributed by atoms with Crippen molar-refractivity contribution in [1.82, 2.24) is 4.98 Å². The summed E-state index contributed by atoms with van der Waals surface area (Å²) in [6.07, 6.45) is 3.78. The minimum atomic E-state index is -0.456. The van der Waals surface area contributed by atoms with Crippen molar-refractivity contribution in [2.24, 2.45) is 11.3 Å². The SMILES string of the molecule is CCC(C)(C)C1CCc2nc3ccccc3c(C(=O)OCC(=O)Nc3c(C)cc(C)cc3C)c2C1. The van der Waals surface area contributed by atoms with Gasteiger partial charge >= 0.3 is 5.97 Å². The van der Waals surface area contributed by atoms with E-state index >= 15 is 0 Å². The highest BCUT2D eigenvalue weighted by Gasteiger charge is 2.34. The number of hydrogen-bond donors (Lipinski definition) is 1. The third kappa shape index (κ3) is 5.09. The first kappa shape index (κ1) is 24.9. The summed E-state index contributed by atoms with van der Waals surface area (Å²) < 4.78 is 5.61. The Balaban J connectivity index is 1.60. The van der Waals surface area contributed by atoms with Gasteiger partial charge in [0.1, 0.15) is 0 Å². The van der Waals surface area contributed by atoms with Gasteiger partial charge in [0.15, 0.2) is 6.61 Å². The molecule has 1 amide bonds. The van der Waals surface area contributed by atoms with Crippen LogP contribution in [0.15, 0.2) is 36.4 Å². The molecule has 1 aliphatic rings. The third-order valence-electron chi connectivity index (χ3n) is 7.76. The van der Waals surface area contributed by atoms with E-state index in [2.05, 4.69) is 26.1 Å². The molecule has 4 rings (SSSR count). The van der Waals surface area contributed by atoms with Gasteiger partial charge in [-0.05, 0) is 74.1 Å². The maximum atomic E-state index is 13.5. The zero-order chi connectivity index (χ0) is 25.3. The van der Waals surface area contributed by atoms with Crippen LogP contribution in [0.5, 0.6) is 0 Å². The number of aromatic nitrogens is 1. The molecule has 184 valence electrons. The zero-order valence-corrected chi connectivity index (χ0v) is 21.7. The van der Waals surface area contributed by atoms with Gasteiger partial charge in [0.05, 0.1) is 11.1 Å². The summed E-state index contributed by atoms with van der Waals surface area (Å²) in [5.74, 6) is -0.335. The van der Waals surface area contributed by atoms with E-state index < -0.39 is 5.97 Å². The normalized spacial score (nSPS) is 15.5. The van der Waals surface area contributed by atoms with E-state index in [9.17, 15) is 9.59 Å². The van der Waals surface area contributed by atoms with Crippen molar-refractivity contribution in [3.63, 3.8) is 0 Å². The number of rotatable bonds is 6. The fourth-order valence-corrected chi connectivity index (χ4v) is 5.33. The quantitative estimate of drug-likeness (QED) is 0.416. The van der Waals surface area contributed by atoms with Crippen LogP contribution in [0.3, 0.4) is 0 Å². The molecule has 5 heteroatoms. The Morgan fingerprint density at radius 2 is 1.80 bits per heavy atom. The minimum Gasteiger partial charge on any atom is -0.452 e. The first-order valence-electron chi connectivity index (χ1n) is 12.6. The van der Waals surface area contributed by atoms with Gasteiger partial charge in [-0.3, -0.25) is 9.78 Å². The number of carbonyl (C=O) groups is 2. The molecule has 0 aliphatic heterocycles. The monoisotopic (exact) mass is 472 g/mol. The van der Waals surface area contributed by atoms with Crippen molar-refractivity contribution in [2.75, 3.05) is 11.9 Å². The average Bonchev–Trinajstić information content (AvgIpc) is 2.82. The number of carbonyl (C=O) groups excluding carboxylic acids is 2. The van der Waals surface area contributed by atoms with Crippen LogP contribution in [0.2, 0.25) is 0 Å². The molecule has 0 bridgehead atoms. The molecule has 1 aromatic heterocycles. The molecule has 1 heterocycles. The van der Waals surface area contributed by atoms with E-state index in [1.807, 2.05) is 57.2 Å². The number of nitrogens with zero attached hydrogens (tertiary/aromatic N) is 1. The number of nitrogens with one attached hydrogen (secondary N) is 1. The molecule has 0 radical (unpaired) electrons. The smallest absolute Gasteiger partial charge is 0.339 e. The second-order valence-electron chi connectivity index (χ2n) is 10.6. The van der Waals surface area contributed by atoms with Gasteiger partial charge in [0, 0.05) is 16.8 Å². The number of ether oxygens (including phenoxy) is 1. The predicted octanol–water partition coefficient (Wildman–Crippen LogP) is 6.50. The van der Waals surface area contributed by atoms with Gasteiger partial charge in [-0.2, -0.15) is 0 Å². The molecule has 0 saturated heterocycles. The summed E-state index contributed by atoms with van der Waals surface area (Å²) >= 11 is 0. The van der Waals surface area contributed by atoms with Crippen LogP contribution in [0, 0.1) is 32.1 Å². The van der Waals surface area contributed by atoms with Crippen molar-refractivity contribution in [2.45, 2.75) is 67.2 Å². The average molecular weight is 473 g/mol. The largest absolute Gasteiger partial charge is 0.452 e. The Bertz CT molecular complexity index is 1270. The van der Waals surface area contributed by atoms with Crippen molar-refractivity contribution in [3.05, 3.63) is 69.9 Å². The van der Waals surface area contributed by atoms with Gasteiger partial charge in [0.25, 0.3) is 5.91 Å². The number of amides is 1. The lowest BCUT2D eigenvalue weighted by atomic mass is 9.68. The zero-order valence-electron chi connectivity index (χ0n) is 21.7. The van der Waals surface area contributed by atoms with Gasteiger partial charge in [-0.25, -0.2) is 4.79 Å². The molecule has 5 nitrogen and oxygen atoms in total. The molecule has 0 fully saturated rings. The van der Waals surface area contributed by atoms with Crippen molar-refractivity contribution >= 4 is 28.5 Å². The number of fused-ring (bicyclic) bond motifs is 2. The maximum absolute atomic E-state index is 13.5. The summed E-state index contributed by atoms with van der Waals surface area (Å²) in [5.41, 5.74) is 7.39. The van der Waals surface area contributed by atoms with Crippen LogP contribution in [-0.4, -0.2) is 23.5 Å². The highest BCUT2D eigenvalue weighted by Crippen LogP contribution is 2.41. The Hall–Kier alpha value is -3.21. The Morgan fingerprint density at radius 1 is 1.11 bits per heavy atom. The van der Waals surface area contributed by atoms with Gasteiger partial charge < -0.3 is 10.1 Å². The summed E-state index contributed by atoms with van der Waals surface area (Å²) in [6.45, 7) is 12.4. The molecule has 1 unspecified atom stereocenters. The molecule has 35 heavy (non-hydrogen) atoms. The lowest BCUT2D eigenvalue weighted by Crippen LogP contribution is -2.31. The fraction of sp³-hybridized carbons (Fsp3) is 0.433. The highest BCUT2D eigenvalue weighted by atomic mass is 16.5. The number of benzene rings is 2. The third-order valence-corrected chi connectivity index (χ3v) is 7.76. The fourth-order valence-electron chi connectivity index (χ4n) is 5.33. The summed E-state index contributed by atoms with van der Waals surface area (Å²) in [6, 6.07) is 11.8. The number of anilines is 1. The first-order valence-corrected chi connectivity index (χ1v) is 12.6. The van der Waals surface area contributed by atoms with E-state index in [0.717, 1.165) is 70.2 Å². The van der Waals surface area contributed by atoms with Gasteiger partial charge in [0.2, 0.25) is 0 Å². The van der Waals surface area contributed by atoms with Crippen molar-refractivity contribution in [1.29, 1.82) is 0 Å². The van der Waals surface area contributed by atoms with Crippen molar-refractivity contribution in [3.8, 4) is 0 Å². The predicted molar refractivity (Wildman–Crippen MR) is 141 cm³/mol. The number of hydrogen-bond acceptors (Lipinski definition) is 4. The molecular weight excluding hydrogens is 436 g/mol. The van der Waals surface area contributed by atoms with E-state index in [-0.39, 0.29) is 17.9 Å². The highest BCUT2D eigenvalue weighted by molar-refractivity contribution is 6.06. The molecule has 0 spiro atoms. The van der Waals surface area contributed by atoms with E-state index in [1.54, 1.807) is 0 Å².